The molecule has 0 saturated carbocycles. The number of ether oxygens (including phenoxy) is 1. The van der Waals surface area contributed by atoms with Gasteiger partial charge in [-0.25, -0.2) is 0 Å². The summed E-state index contributed by atoms with van der Waals surface area (Å²) >= 11 is 0. The minimum atomic E-state index is 0.197. The molecule has 3 nitrogen and oxygen atoms in total. The minimum Gasteiger partial charge on any atom is -0.492 e. The van der Waals surface area contributed by atoms with Crippen LogP contribution in [0.15, 0.2) is 23.5 Å². The molecule has 0 saturated heterocycles. The van der Waals surface area contributed by atoms with E-state index in [4.69, 9.17) is 9.84 Å². The fourth-order valence-corrected chi connectivity index (χ4v) is 2.03. The molecular weight excluding hydrogens is 214 g/mol. The molecule has 1 rings (SSSR count). The Balaban J connectivity index is 2.34. The van der Waals surface area contributed by atoms with Crippen molar-refractivity contribution in [3.05, 3.63) is 23.5 Å². The monoisotopic (exact) mass is 239 g/mol. The molecule has 0 aliphatic heterocycles. The number of hydrogen-bond donors (Lipinski definition) is 1. The van der Waals surface area contributed by atoms with Gasteiger partial charge in [0.2, 0.25) is 0 Å². The summed E-state index contributed by atoms with van der Waals surface area (Å²) in [6.45, 7) is 8.37. The quantitative estimate of drug-likeness (QED) is 0.705. The Morgan fingerprint density at radius 2 is 1.94 bits per heavy atom. The van der Waals surface area contributed by atoms with Crippen molar-refractivity contribution in [1.82, 2.24) is 4.90 Å². The lowest BCUT2D eigenvalue weighted by Crippen LogP contribution is -2.27. The second-order valence-corrected chi connectivity index (χ2v) is 4.22. The summed E-state index contributed by atoms with van der Waals surface area (Å²) in [4.78, 5) is 2.35. The molecule has 98 valence electrons. The highest BCUT2D eigenvalue weighted by atomic mass is 16.5. The molecule has 3 heteroatoms. The average Bonchev–Trinajstić information content (AvgIpc) is 2.37. The lowest BCUT2D eigenvalue weighted by Gasteiger charge is -2.21. The van der Waals surface area contributed by atoms with Crippen LogP contribution >= 0.6 is 0 Å². The number of allylic oxidation sites excluding steroid dienone is 3. The van der Waals surface area contributed by atoms with Crippen LogP contribution in [0.4, 0.5) is 0 Å². The van der Waals surface area contributed by atoms with Gasteiger partial charge in [0.05, 0.1) is 0 Å². The maximum Gasteiger partial charge on any atom is 0.118 e. The van der Waals surface area contributed by atoms with E-state index >= 15 is 0 Å². The fraction of sp³-hybridized carbons (Fsp3) is 0.714. The van der Waals surface area contributed by atoms with Crippen molar-refractivity contribution in [2.24, 2.45) is 0 Å². The molecule has 1 aliphatic rings. The summed E-state index contributed by atoms with van der Waals surface area (Å²) in [6.07, 6.45) is 7.15. The summed E-state index contributed by atoms with van der Waals surface area (Å²) in [6, 6.07) is 0. The zero-order chi connectivity index (χ0) is 12.5. The van der Waals surface area contributed by atoms with E-state index in [0.717, 1.165) is 44.8 Å². The Hall–Kier alpha value is -0.800. The van der Waals surface area contributed by atoms with Crippen LogP contribution in [0.3, 0.4) is 0 Å². The molecule has 0 unspecified atom stereocenters. The SMILES string of the molecule is CCN(CC)CCOC1=CCCC=C1CCO. The van der Waals surface area contributed by atoms with Crippen molar-refractivity contribution in [2.75, 3.05) is 32.8 Å². The smallest absolute Gasteiger partial charge is 0.118 e. The largest absolute Gasteiger partial charge is 0.492 e. The maximum absolute atomic E-state index is 8.99. The molecule has 0 atom stereocenters. The topological polar surface area (TPSA) is 32.7 Å². The molecule has 0 aromatic carbocycles. The molecule has 0 aromatic rings. The first kappa shape index (κ1) is 14.3. The van der Waals surface area contributed by atoms with E-state index in [2.05, 4.69) is 30.9 Å². The van der Waals surface area contributed by atoms with Gasteiger partial charge < -0.3 is 14.7 Å². The average molecular weight is 239 g/mol. The van der Waals surface area contributed by atoms with Crippen LogP contribution in [0.5, 0.6) is 0 Å². The Morgan fingerprint density at radius 3 is 2.59 bits per heavy atom. The number of hydrogen-bond acceptors (Lipinski definition) is 3. The van der Waals surface area contributed by atoms with Crippen LogP contribution in [0.2, 0.25) is 0 Å². The number of likely N-dealkylation sites (N-methyl/N-ethyl adjacent to an activating group) is 1. The highest BCUT2D eigenvalue weighted by molar-refractivity contribution is 5.28. The van der Waals surface area contributed by atoms with Crippen molar-refractivity contribution in [3.63, 3.8) is 0 Å². The molecule has 0 radical (unpaired) electrons. The lowest BCUT2D eigenvalue weighted by atomic mass is 10.0. The van der Waals surface area contributed by atoms with Gasteiger partial charge in [0.15, 0.2) is 0 Å². The van der Waals surface area contributed by atoms with Gasteiger partial charge in [0.25, 0.3) is 0 Å². The first-order valence-electron chi connectivity index (χ1n) is 6.67. The van der Waals surface area contributed by atoms with Gasteiger partial charge in [0.1, 0.15) is 12.4 Å². The Morgan fingerprint density at radius 1 is 1.24 bits per heavy atom. The van der Waals surface area contributed by atoms with Crippen LogP contribution in [0.1, 0.15) is 33.1 Å². The van der Waals surface area contributed by atoms with Gasteiger partial charge in [-0.15, -0.1) is 0 Å². The standard InChI is InChI=1S/C14H25NO2/c1-3-15(4-2)10-12-17-14-8-6-5-7-13(14)9-11-16/h7-8,16H,3-6,9-12H2,1-2H3. The van der Waals surface area contributed by atoms with Crippen LogP contribution < -0.4 is 0 Å². The van der Waals surface area contributed by atoms with Crippen LogP contribution in [-0.2, 0) is 4.74 Å². The van der Waals surface area contributed by atoms with Gasteiger partial charge in [-0.1, -0.05) is 19.9 Å². The van der Waals surface area contributed by atoms with Crippen molar-refractivity contribution >= 4 is 0 Å². The van der Waals surface area contributed by atoms with E-state index in [9.17, 15) is 0 Å². The molecule has 0 amide bonds. The van der Waals surface area contributed by atoms with Crippen molar-refractivity contribution in [1.29, 1.82) is 0 Å². The van der Waals surface area contributed by atoms with Crippen LogP contribution in [0.25, 0.3) is 0 Å². The summed E-state index contributed by atoms with van der Waals surface area (Å²) < 4.78 is 5.82. The first-order chi connectivity index (χ1) is 8.31. The Labute approximate surface area is 105 Å². The van der Waals surface area contributed by atoms with E-state index in [1.807, 2.05) is 0 Å². The number of nitrogens with zero attached hydrogens (tertiary/aromatic N) is 1. The molecular formula is C14H25NO2. The third kappa shape index (κ3) is 4.92. The number of aliphatic hydroxyl groups is 1. The molecule has 0 heterocycles. The molecule has 0 spiro atoms. The van der Waals surface area contributed by atoms with Gasteiger partial charge >= 0.3 is 0 Å². The summed E-state index contributed by atoms with van der Waals surface area (Å²) in [5.41, 5.74) is 1.17. The maximum atomic E-state index is 8.99. The highest BCUT2D eigenvalue weighted by Gasteiger charge is 2.10. The molecule has 0 fully saturated rings. The van der Waals surface area contributed by atoms with E-state index in [-0.39, 0.29) is 6.61 Å². The fourth-order valence-electron chi connectivity index (χ4n) is 2.03. The van der Waals surface area contributed by atoms with Gasteiger partial charge in [-0.05, 0) is 44.0 Å². The minimum absolute atomic E-state index is 0.197. The molecule has 17 heavy (non-hydrogen) atoms. The third-order valence-corrected chi connectivity index (χ3v) is 3.14. The number of aliphatic hydroxyl groups excluding tert-OH is 1. The zero-order valence-corrected chi connectivity index (χ0v) is 11.1. The van der Waals surface area contributed by atoms with E-state index in [0.29, 0.717) is 6.42 Å². The predicted molar refractivity (Wildman–Crippen MR) is 70.8 cm³/mol. The highest BCUT2D eigenvalue weighted by Crippen LogP contribution is 2.22. The van der Waals surface area contributed by atoms with Crippen LogP contribution in [-0.4, -0.2) is 42.9 Å². The number of rotatable bonds is 8. The molecule has 0 bridgehead atoms. The molecule has 1 N–H and O–H groups in total. The van der Waals surface area contributed by atoms with E-state index in [1.54, 1.807) is 0 Å². The Kier molecular flexibility index (Phi) is 6.97. The summed E-state index contributed by atoms with van der Waals surface area (Å²) in [5.74, 6) is 0.984. The van der Waals surface area contributed by atoms with Crippen LogP contribution in [0, 0.1) is 0 Å². The van der Waals surface area contributed by atoms with Gasteiger partial charge in [0, 0.05) is 13.2 Å². The summed E-state index contributed by atoms with van der Waals surface area (Å²) in [5, 5.41) is 8.99. The summed E-state index contributed by atoms with van der Waals surface area (Å²) in [7, 11) is 0. The van der Waals surface area contributed by atoms with Crippen molar-refractivity contribution in [2.45, 2.75) is 33.1 Å². The molecule has 1 aliphatic carbocycles. The normalized spacial score (nSPS) is 15.8. The second kappa shape index (κ2) is 8.31. The van der Waals surface area contributed by atoms with Gasteiger partial charge in [-0.3, -0.25) is 0 Å². The second-order valence-electron chi connectivity index (χ2n) is 4.22. The third-order valence-electron chi connectivity index (χ3n) is 3.14. The van der Waals surface area contributed by atoms with E-state index < -0.39 is 0 Å². The predicted octanol–water partition coefficient (Wildman–Crippen LogP) is 2.33. The first-order valence-corrected chi connectivity index (χ1v) is 6.67. The zero-order valence-electron chi connectivity index (χ0n) is 11.1. The lowest BCUT2D eigenvalue weighted by molar-refractivity contribution is 0.165. The van der Waals surface area contributed by atoms with Crippen molar-refractivity contribution < 1.29 is 9.84 Å². The van der Waals surface area contributed by atoms with Gasteiger partial charge in [-0.2, -0.15) is 0 Å². The van der Waals surface area contributed by atoms with E-state index in [1.165, 1.54) is 5.57 Å². The molecule has 0 aromatic heterocycles. The Bertz CT molecular complexity index is 267. The van der Waals surface area contributed by atoms with Crippen molar-refractivity contribution in [3.8, 4) is 0 Å².